The second-order valence-electron chi connectivity index (χ2n) is 5.87. The Labute approximate surface area is 120 Å². The van der Waals surface area contributed by atoms with Crippen LogP contribution in [-0.4, -0.2) is 59.5 Å². The van der Waals surface area contributed by atoms with Crippen LogP contribution >= 0.6 is 0 Å². The highest BCUT2D eigenvalue weighted by Gasteiger charge is 2.29. The first-order chi connectivity index (χ1) is 9.49. The number of carbonyl (C=O) groups excluding carboxylic acids is 2. The lowest BCUT2D eigenvalue weighted by Gasteiger charge is -2.38. The van der Waals surface area contributed by atoms with E-state index in [1.165, 1.54) is 0 Å². The average Bonchev–Trinajstić information content (AvgIpc) is 2.46. The van der Waals surface area contributed by atoms with Gasteiger partial charge in [-0.3, -0.25) is 9.59 Å². The average molecular weight is 280 g/mol. The van der Waals surface area contributed by atoms with Gasteiger partial charge < -0.3 is 9.80 Å². The summed E-state index contributed by atoms with van der Waals surface area (Å²) in [5.41, 5.74) is 2.86. The number of nitrogens with one attached hydrogen (secondary N) is 1. The number of likely N-dealkylation sites (tertiary alicyclic amines) is 1. The van der Waals surface area contributed by atoms with Gasteiger partial charge in [0.15, 0.2) is 0 Å². The molecule has 0 unspecified atom stereocenters. The SMILES string of the molecule is CC(C)N1CCC(N(C)C(=O)C2=NNC(=O)CC2)CC1. The second-order valence-corrected chi connectivity index (χ2v) is 5.87. The molecular weight excluding hydrogens is 256 g/mol. The van der Waals surface area contributed by atoms with Gasteiger partial charge in [0.05, 0.1) is 0 Å². The summed E-state index contributed by atoms with van der Waals surface area (Å²) in [5.74, 6) is -0.164. The van der Waals surface area contributed by atoms with Crippen molar-refractivity contribution in [3.8, 4) is 0 Å². The summed E-state index contributed by atoms with van der Waals surface area (Å²) in [6.45, 7) is 6.47. The van der Waals surface area contributed by atoms with Crippen molar-refractivity contribution in [1.82, 2.24) is 15.2 Å². The van der Waals surface area contributed by atoms with Crippen LogP contribution in [0.5, 0.6) is 0 Å². The van der Waals surface area contributed by atoms with Crippen LogP contribution in [0.1, 0.15) is 39.5 Å². The molecule has 2 aliphatic heterocycles. The number of amides is 2. The van der Waals surface area contributed by atoms with E-state index in [9.17, 15) is 9.59 Å². The van der Waals surface area contributed by atoms with Gasteiger partial charge in [-0.2, -0.15) is 5.10 Å². The molecule has 0 spiro atoms. The second kappa shape index (κ2) is 6.35. The molecule has 6 nitrogen and oxygen atoms in total. The summed E-state index contributed by atoms with van der Waals surface area (Å²) in [6, 6.07) is 0.840. The number of hydrazone groups is 1. The first-order valence-corrected chi connectivity index (χ1v) is 7.35. The van der Waals surface area contributed by atoms with Gasteiger partial charge in [0.1, 0.15) is 5.71 Å². The normalized spacial score (nSPS) is 21.6. The monoisotopic (exact) mass is 280 g/mol. The Morgan fingerprint density at radius 2 is 2.00 bits per heavy atom. The molecule has 0 aliphatic carbocycles. The number of carbonyl (C=O) groups is 2. The van der Waals surface area contributed by atoms with Gasteiger partial charge in [-0.25, -0.2) is 5.43 Å². The standard InChI is InChI=1S/C14H24N4O2/c1-10(2)18-8-6-11(7-9-18)17(3)14(20)12-4-5-13(19)16-15-12/h10-11H,4-9H2,1-3H3,(H,16,19). The Balaban J connectivity index is 1.90. The lowest BCUT2D eigenvalue weighted by molar-refractivity contribution is -0.126. The molecule has 1 N–H and O–H groups in total. The summed E-state index contributed by atoms with van der Waals surface area (Å²) in [4.78, 5) is 27.6. The minimum Gasteiger partial charge on any atom is -0.338 e. The van der Waals surface area contributed by atoms with E-state index in [4.69, 9.17) is 0 Å². The fourth-order valence-corrected chi connectivity index (χ4v) is 2.79. The van der Waals surface area contributed by atoms with Gasteiger partial charge in [-0.15, -0.1) is 0 Å². The lowest BCUT2D eigenvalue weighted by Crippen LogP contribution is -2.49. The summed E-state index contributed by atoms with van der Waals surface area (Å²) in [7, 11) is 1.84. The van der Waals surface area contributed by atoms with Crippen LogP contribution in [0.3, 0.4) is 0 Å². The molecule has 0 aromatic carbocycles. The summed E-state index contributed by atoms with van der Waals surface area (Å²) in [6.07, 6.45) is 2.80. The summed E-state index contributed by atoms with van der Waals surface area (Å²) < 4.78 is 0. The van der Waals surface area contributed by atoms with E-state index < -0.39 is 0 Å². The maximum Gasteiger partial charge on any atom is 0.270 e. The smallest absolute Gasteiger partial charge is 0.270 e. The zero-order valence-electron chi connectivity index (χ0n) is 12.6. The van der Waals surface area contributed by atoms with E-state index in [0.29, 0.717) is 24.6 Å². The van der Waals surface area contributed by atoms with Gasteiger partial charge in [0.25, 0.3) is 5.91 Å². The van der Waals surface area contributed by atoms with Crippen LogP contribution in [0.2, 0.25) is 0 Å². The number of rotatable bonds is 3. The van der Waals surface area contributed by atoms with Crippen molar-refractivity contribution < 1.29 is 9.59 Å². The molecule has 0 saturated carbocycles. The third kappa shape index (κ3) is 3.36. The molecule has 0 bridgehead atoms. The number of nitrogens with zero attached hydrogens (tertiary/aromatic N) is 3. The molecule has 1 fully saturated rings. The molecule has 2 aliphatic rings. The van der Waals surface area contributed by atoms with Crippen molar-refractivity contribution in [2.24, 2.45) is 5.10 Å². The number of hydrogen-bond acceptors (Lipinski definition) is 4. The minimum absolute atomic E-state index is 0.0482. The molecule has 0 radical (unpaired) electrons. The molecule has 112 valence electrons. The highest BCUT2D eigenvalue weighted by atomic mass is 16.2. The Hall–Kier alpha value is -1.43. The minimum atomic E-state index is -0.116. The number of hydrogen-bond donors (Lipinski definition) is 1. The first kappa shape index (κ1) is 15.0. The van der Waals surface area contributed by atoms with Crippen LogP contribution in [-0.2, 0) is 9.59 Å². The van der Waals surface area contributed by atoms with Crippen molar-refractivity contribution in [2.45, 2.75) is 51.6 Å². The predicted octanol–water partition coefficient (Wildman–Crippen LogP) is 0.584. The van der Waals surface area contributed by atoms with E-state index in [1.807, 2.05) is 7.05 Å². The highest BCUT2D eigenvalue weighted by molar-refractivity contribution is 6.39. The van der Waals surface area contributed by atoms with Gasteiger partial charge in [-0.1, -0.05) is 0 Å². The van der Waals surface area contributed by atoms with E-state index in [-0.39, 0.29) is 17.9 Å². The lowest BCUT2D eigenvalue weighted by atomic mass is 10.0. The van der Waals surface area contributed by atoms with E-state index in [0.717, 1.165) is 25.9 Å². The quantitative estimate of drug-likeness (QED) is 0.822. The molecule has 2 amide bonds. The zero-order valence-corrected chi connectivity index (χ0v) is 12.6. The van der Waals surface area contributed by atoms with Gasteiger partial charge in [-0.05, 0) is 26.7 Å². The molecule has 2 heterocycles. The molecule has 0 aromatic heterocycles. The molecular formula is C14H24N4O2. The number of piperidine rings is 1. The Kier molecular flexibility index (Phi) is 4.75. The summed E-state index contributed by atoms with van der Waals surface area (Å²) >= 11 is 0. The first-order valence-electron chi connectivity index (χ1n) is 7.35. The van der Waals surface area contributed by atoms with Crippen molar-refractivity contribution in [3.63, 3.8) is 0 Å². The van der Waals surface area contributed by atoms with Crippen molar-refractivity contribution in [3.05, 3.63) is 0 Å². The van der Waals surface area contributed by atoms with Gasteiger partial charge in [0, 0.05) is 45.1 Å². The topological polar surface area (TPSA) is 65.0 Å². The van der Waals surface area contributed by atoms with Gasteiger partial charge >= 0.3 is 0 Å². The molecule has 20 heavy (non-hydrogen) atoms. The molecule has 2 rings (SSSR count). The Bertz CT molecular complexity index is 411. The van der Waals surface area contributed by atoms with E-state index in [2.05, 4.69) is 29.3 Å². The van der Waals surface area contributed by atoms with Gasteiger partial charge in [0.2, 0.25) is 5.91 Å². The molecule has 0 aromatic rings. The fraction of sp³-hybridized carbons (Fsp3) is 0.786. The summed E-state index contributed by atoms with van der Waals surface area (Å²) in [5, 5.41) is 3.88. The fourth-order valence-electron chi connectivity index (χ4n) is 2.79. The molecule has 0 atom stereocenters. The predicted molar refractivity (Wildman–Crippen MR) is 77.3 cm³/mol. The highest BCUT2D eigenvalue weighted by Crippen LogP contribution is 2.18. The van der Waals surface area contributed by atoms with Crippen LogP contribution in [0.4, 0.5) is 0 Å². The third-order valence-electron chi connectivity index (χ3n) is 4.25. The maximum absolute atomic E-state index is 12.3. The van der Waals surface area contributed by atoms with E-state index in [1.54, 1.807) is 4.90 Å². The van der Waals surface area contributed by atoms with Crippen molar-refractivity contribution in [1.29, 1.82) is 0 Å². The van der Waals surface area contributed by atoms with Crippen molar-refractivity contribution in [2.75, 3.05) is 20.1 Å². The molecule has 6 heteroatoms. The van der Waals surface area contributed by atoms with Crippen LogP contribution in [0.15, 0.2) is 5.10 Å². The van der Waals surface area contributed by atoms with Crippen molar-refractivity contribution >= 4 is 17.5 Å². The zero-order chi connectivity index (χ0) is 14.7. The Morgan fingerprint density at radius 1 is 1.35 bits per heavy atom. The van der Waals surface area contributed by atoms with Crippen LogP contribution in [0, 0.1) is 0 Å². The largest absolute Gasteiger partial charge is 0.338 e. The maximum atomic E-state index is 12.3. The molecule has 1 saturated heterocycles. The van der Waals surface area contributed by atoms with E-state index >= 15 is 0 Å². The Morgan fingerprint density at radius 3 is 2.50 bits per heavy atom. The third-order valence-corrected chi connectivity index (χ3v) is 4.25. The van der Waals surface area contributed by atoms with Crippen LogP contribution < -0.4 is 5.43 Å². The van der Waals surface area contributed by atoms with Crippen LogP contribution in [0.25, 0.3) is 0 Å².